The van der Waals surface area contributed by atoms with Gasteiger partial charge in [0.2, 0.25) is 0 Å². The third-order valence-corrected chi connectivity index (χ3v) is 5.38. The van der Waals surface area contributed by atoms with Crippen LogP contribution in [-0.4, -0.2) is 46.1 Å². The number of anilines is 2. The fourth-order valence-corrected chi connectivity index (χ4v) is 3.74. The molecule has 3 aromatic heterocycles. The van der Waals surface area contributed by atoms with E-state index in [-0.39, 0.29) is 5.82 Å². The topological polar surface area (TPSA) is 58.0 Å². The van der Waals surface area contributed by atoms with Gasteiger partial charge in [-0.3, -0.25) is 4.98 Å². The molecule has 4 aromatic rings. The minimum Gasteiger partial charge on any atom is -0.353 e. The monoisotopic (exact) mass is 412 g/mol. The van der Waals surface area contributed by atoms with Crippen molar-refractivity contribution in [2.45, 2.75) is 0 Å². The van der Waals surface area contributed by atoms with Crippen molar-refractivity contribution in [3.63, 3.8) is 0 Å². The van der Waals surface area contributed by atoms with Gasteiger partial charge in [0.1, 0.15) is 17.5 Å². The van der Waals surface area contributed by atoms with Crippen LogP contribution in [0.15, 0.2) is 79.3 Å². The molecule has 5 rings (SSSR count). The Balaban J connectivity index is 1.48. The molecule has 4 heterocycles. The first-order valence-corrected chi connectivity index (χ1v) is 10.2. The molecule has 1 aromatic carbocycles. The van der Waals surface area contributed by atoms with Crippen LogP contribution in [0.4, 0.5) is 16.0 Å². The van der Waals surface area contributed by atoms with Crippen LogP contribution in [0.3, 0.4) is 0 Å². The highest BCUT2D eigenvalue weighted by Gasteiger charge is 2.21. The lowest BCUT2D eigenvalue weighted by Gasteiger charge is -2.36. The smallest absolute Gasteiger partial charge is 0.162 e. The Kier molecular flexibility index (Phi) is 5.22. The van der Waals surface area contributed by atoms with Crippen molar-refractivity contribution in [3.8, 4) is 22.6 Å². The summed E-state index contributed by atoms with van der Waals surface area (Å²) < 4.78 is 14.5. The van der Waals surface area contributed by atoms with Crippen molar-refractivity contribution in [1.29, 1.82) is 0 Å². The zero-order valence-corrected chi connectivity index (χ0v) is 16.9. The van der Waals surface area contributed by atoms with Crippen molar-refractivity contribution in [2.24, 2.45) is 0 Å². The molecule has 31 heavy (non-hydrogen) atoms. The third-order valence-electron chi connectivity index (χ3n) is 5.38. The summed E-state index contributed by atoms with van der Waals surface area (Å²) in [7, 11) is 0. The Morgan fingerprint density at radius 3 is 2.13 bits per heavy atom. The van der Waals surface area contributed by atoms with Crippen LogP contribution in [0.5, 0.6) is 0 Å². The second kappa shape index (κ2) is 8.47. The standard InChI is InChI=1S/C24H21FN6/c25-20-6-2-1-5-19(20)21-17-23(29-24(28-21)18-8-11-26-12-9-18)31-15-13-30(14-16-31)22-7-3-4-10-27-22/h1-12,17H,13-16H2. The molecule has 0 N–H and O–H groups in total. The summed E-state index contributed by atoms with van der Waals surface area (Å²) in [4.78, 5) is 22.5. The summed E-state index contributed by atoms with van der Waals surface area (Å²) >= 11 is 0. The molecule has 0 radical (unpaired) electrons. The van der Waals surface area contributed by atoms with Crippen molar-refractivity contribution in [2.75, 3.05) is 36.0 Å². The summed E-state index contributed by atoms with van der Waals surface area (Å²) in [5.41, 5.74) is 1.89. The van der Waals surface area contributed by atoms with Crippen LogP contribution in [0, 0.1) is 5.82 Å². The number of aromatic nitrogens is 4. The lowest BCUT2D eigenvalue weighted by Crippen LogP contribution is -2.47. The summed E-state index contributed by atoms with van der Waals surface area (Å²) in [5.74, 6) is 2.04. The molecule has 1 aliphatic rings. The van der Waals surface area contributed by atoms with Crippen LogP contribution in [0.1, 0.15) is 0 Å². The maximum absolute atomic E-state index is 14.5. The molecule has 0 unspecified atom stereocenters. The number of rotatable bonds is 4. The number of piperazine rings is 1. The van der Waals surface area contributed by atoms with E-state index in [0.29, 0.717) is 17.1 Å². The fraction of sp³-hybridized carbons (Fsp3) is 0.167. The molecule has 0 saturated carbocycles. The highest BCUT2D eigenvalue weighted by Crippen LogP contribution is 2.28. The third kappa shape index (κ3) is 4.07. The first-order chi connectivity index (χ1) is 15.3. The molecule has 154 valence electrons. The van der Waals surface area contributed by atoms with Crippen LogP contribution >= 0.6 is 0 Å². The lowest BCUT2D eigenvalue weighted by atomic mass is 10.1. The van der Waals surface area contributed by atoms with E-state index < -0.39 is 0 Å². The van der Waals surface area contributed by atoms with Crippen LogP contribution < -0.4 is 9.80 Å². The van der Waals surface area contributed by atoms with Gasteiger partial charge in [-0.2, -0.15) is 0 Å². The predicted molar refractivity (Wildman–Crippen MR) is 119 cm³/mol. The number of nitrogens with zero attached hydrogens (tertiary/aromatic N) is 6. The Labute approximate surface area is 180 Å². The van der Waals surface area contributed by atoms with Gasteiger partial charge >= 0.3 is 0 Å². The Morgan fingerprint density at radius 2 is 1.42 bits per heavy atom. The molecule has 1 fully saturated rings. The quantitative estimate of drug-likeness (QED) is 0.504. The van der Waals surface area contributed by atoms with E-state index in [1.165, 1.54) is 6.07 Å². The van der Waals surface area contributed by atoms with E-state index in [2.05, 4.69) is 24.8 Å². The van der Waals surface area contributed by atoms with E-state index in [1.54, 1.807) is 24.5 Å². The largest absolute Gasteiger partial charge is 0.353 e. The first-order valence-electron chi connectivity index (χ1n) is 10.2. The van der Waals surface area contributed by atoms with Crippen molar-refractivity contribution >= 4 is 11.6 Å². The van der Waals surface area contributed by atoms with E-state index in [0.717, 1.165) is 43.4 Å². The molecule has 0 aliphatic carbocycles. The highest BCUT2D eigenvalue weighted by molar-refractivity contribution is 5.68. The zero-order valence-electron chi connectivity index (χ0n) is 16.9. The van der Waals surface area contributed by atoms with Gasteiger partial charge in [-0.15, -0.1) is 0 Å². The molecule has 1 saturated heterocycles. The van der Waals surface area contributed by atoms with Gasteiger partial charge in [-0.25, -0.2) is 19.3 Å². The number of pyridine rings is 2. The van der Waals surface area contributed by atoms with E-state index >= 15 is 0 Å². The second-order valence-electron chi connectivity index (χ2n) is 7.31. The van der Waals surface area contributed by atoms with Crippen molar-refractivity contribution in [3.05, 3.63) is 85.1 Å². The van der Waals surface area contributed by atoms with Crippen molar-refractivity contribution in [1.82, 2.24) is 19.9 Å². The van der Waals surface area contributed by atoms with Gasteiger partial charge in [0.25, 0.3) is 0 Å². The normalized spacial score (nSPS) is 14.0. The predicted octanol–water partition coefficient (Wildman–Crippen LogP) is 4.07. The van der Waals surface area contributed by atoms with Gasteiger partial charge < -0.3 is 9.80 Å². The molecular weight excluding hydrogens is 391 g/mol. The van der Waals surface area contributed by atoms with E-state index in [9.17, 15) is 4.39 Å². The maximum atomic E-state index is 14.5. The summed E-state index contributed by atoms with van der Waals surface area (Å²) in [6.07, 6.45) is 5.23. The highest BCUT2D eigenvalue weighted by atomic mass is 19.1. The Hall–Kier alpha value is -3.87. The molecule has 0 atom stereocenters. The minimum absolute atomic E-state index is 0.298. The SMILES string of the molecule is Fc1ccccc1-c1cc(N2CCN(c3ccccn3)CC2)nc(-c2ccncc2)n1. The van der Waals surface area contributed by atoms with Crippen LogP contribution in [0.2, 0.25) is 0 Å². The molecule has 0 spiro atoms. The fourth-order valence-electron chi connectivity index (χ4n) is 3.74. The van der Waals surface area contributed by atoms with Gasteiger partial charge in [0, 0.05) is 62.0 Å². The molecule has 0 amide bonds. The summed E-state index contributed by atoms with van der Waals surface area (Å²) in [6.45, 7) is 3.25. The maximum Gasteiger partial charge on any atom is 0.162 e. The summed E-state index contributed by atoms with van der Waals surface area (Å²) in [6, 6.07) is 18.3. The van der Waals surface area contributed by atoms with Gasteiger partial charge in [0.15, 0.2) is 5.82 Å². The van der Waals surface area contributed by atoms with Gasteiger partial charge in [0.05, 0.1) is 5.69 Å². The lowest BCUT2D eigenvalue weighted by molar-refractivity contribution is 0.630. The van der Waals surface area contributed by atoms with Gasteiger partial charge in [-0.05, 0) is 36.4 Å². The first kappa shape index (κ1) is 19.1. The number of hydrogen-bond acceptors (Lipinski definition) is 6. The molecule has 0 bridgehead atoms. The molecule has 6 nitrogen and oxygen atoms in total. The van der Waals surface area contributed by atoms with E-state index in [4.69, 9.17) is 4.98 Å². The van der Waals surface area contributed by atoms with Gasteiger partial charge in [-0.1, -0.05) is 18.2 Å². The average Bonchev–Trinajstić information content (AvgIpc) is 2.85. The van der Waals surface area contributed by atoms with Crippen LogP contribution in [0.25, 0.3) is 22.6 Å². The molecule has 1 aliphatic heterocycles. The molecule has 7 heteroatoms. The number of halogens is 1. The van der Waals surface area contributed by atoms with E-state index in [1.807, 2.05) is 48.7 Å². The second-order valence-corrected chi connectivity index (χ2v) is 7.31. The minimum atomic E-state index is -0.298. The summed E-state index contributed by atoms with van der Waals surface area (Å²) in [5, 5.41) is 0. The van der Waals surface area contributed by atoms with Crippen LogP contribution in [-0.2, 0) is 0 Å². The molecular formula is C24H21FN6. The Bertz CT molecular complexity index is 1160. The van der Waals surface area contributed by atoms with Crippen molar-refractivity contribution < 1.29 is 4.39 Å². The average molecular weight is 412 g/mol. The number of hydrogen-bond donors (Lipinski definition) is 0. The zero-order chi connectivity index (χ0) is 21.0. The Morgan fingerprint density at radius 1 is 0.710 bits per heavy atom. The number of benzene rings is 1.